The van der Waals surface area contributed by atoms with Crippen molar-refractivity contribution in [3.63, 3.8) is 0 Å². The van der Waals surface area contributed by atoms with Crippen molar-refractivity contribution >= 4 is 11.3 Å². The van der Waals surface area contributed by atoms with Gasteiger partial charge in [0, 0.05) is 18.8 Å². The highest BCUT2D eigenvalue weighted by Gasteiger charge is 2.16. The standard InChI is InChI=1S/C25H32N2S/c1-20(18-21-10-4-2-3-5-11-21)26-19-22-12-6-7-13-23(22)27-16-8-14-24(27)25-15-9-17-28-25/h6-9,12-17,20-21,26H,2-5,10-11,18-19H2,1H3/t20-/m0/s1. The fraction of sp³-hybridized carbons (Fsp3) is 0.440. The summed E-state index contributed by atoms with van der Waals surface area (Å²) in [5, 5.41) is 5.96. The summed E-state index contributed by atoms with van der Waals surface area (Å²) in [5.41, 5.74) is 3.92. The first kappa shape index (κ1) is 19.5. The third kappa shape index (κ3) is 4.76. The smallest absolute Gasteiger partial charge is 0.0628 e. The van der Waals surface area contributed by atoms with E-state index in [1.165, 1.54) is 66.8 Å². The van der Waals surface area contributed by atoms with E-state index in [1.54, 1.807) is 11.3 Å². The number of rotatable bonds is 7. The van der Waals surface area contributed by atoms with E-state index in [0.29, 0.717) is 6.04 Å². The molecule has 0 unspecified atom stereocenters. The molecule has 0 radical (unpaired) electrons. The van der Waals surface area contributed by atoms with E-state index < -0.39 is 0 Å². The maximum absolute atomic E-state index is 3.81. The van der Waals surface area contributed by atoms with Crippen LogP contribution in [0.25, 0.3) is 16.3 Å². The van der Waals surface area contributed by atoms with Crippen molar-refractivity contribution in [3.05, 3.63) is 65.7 Å². The number of para-hydroxylation sites is 1. The van der Waals surface area contributed by atoms with Crippen molar-refractivity contribution in [1.29, 1.82) is 0 Å². The molecule has 3 aromatic rings. The lowest BCUT2D eigenvalue weighted by molar-refractivity contribution is 0.363. The third-order valence-corrected chi connectivity index (χ3v) is 6.97. The van der Waals surface area contributed by atoms with Crippen LogP contribution < -0.4 is 5.32 Å². The molecule has 1 N–H and O–H groups in total. The molecule has 0 aliphatic heterocycles. The summed E-state index contributed by atoms with van der Waals surface area (Å²) >= 11 is 1.80. The molecule has 3 heteroatoms. The largest absolute Gasteiger partial charge is 0.315 e. The van der Waals surface area contributed by atoms with Crippen LogP contribution in [0.1, 0.15) is 57.4 Å². The highest BCUT2D eigenvalue weighted by Crippen LogP contribution is 2.29. The zero-order valence-corrected chi connectivity index (χ0v) is 17.8. The van der Waals surface area contributed by atoms with Crippen molar-refractivity contribution in [2.75, 3.05) is 0 Å². The van der Waals surface area contributed by atoms with Crippen LogP contribution in [0.5, 0.6) is 0 Å². The van der Waals surface area contributed by atoms with E-state index in [9.17, 15) is 0 Å². The molecule has 1 saturated carbocycles. The second-order valence-corrected chi connectivity index (χ2v) is 9.19. The van der Waals surface area contributed by atoms with Crippen LogP contribution in [0, 0.1) is 5.92 Å². The molecule has 1 atom stereocenters. The number of aromatic nitrogens is 1. The minimum absolute atomic E-state index is 0.567. The summed E-state index contributed by atoms with van der Waals surface area (Å²) < 4.78 is 2.33. The molecule has 1 aliphatic carbocycles. The Morgan fingerprint density at radius 2 is 1.82 bits per heavy atom. The van der Waals surface area contributed by atoms with Gasteiger partial charge < -0.3 is 9.88 Å². The molecule has 2 heterocycles. The average Bonchev–Trinajstić information content (AvgIpc) is 3.35. The summed E-state index contributed by atoms with van der Waals surface area (Å²) in [6, 6.07) is 18.1. The van der Waals surface area contributed by atoms with Crippen molar-refractivity contribution in [2.45, 2.75) is 64.5 Å². The van der Waals surface area contributed by atoms with Crippen LogP contribution in [0.15, 0.2) is 60.1 Å². The van der Waals surface area contributed by atoms with Crippen molar-refractivity contribution in [1.82, 2.24) is 9.88 Å². The Kier molecular flexibility index (Phi) is 6.66. The topological polar surface area (TPSA) is 17.0 Å². The lowest BCUT2D eigenvalue weighted by Crippen LogP contribution is -2.28. The predicted octanol–water partition coefficient (Wildman–Crippen LogP) is 7.04. The fourth-order valence-electron chi connectivity index (χ4n) is 4.58. The molecule has 1 fully saturated rings. The fourth-order valence-corrected chi connectivity index (χ4v) is 5.33. The summed E-state index contributed by atoms with van der Waals surface area (Å²) in [7, 11) is 0. The van der Waals surface area contributed by atoms with Gasteiger partial charge in [-0.1, -0.05) is 62.8 Å². The maximum Gasteiger partial charge on any atom is 0.0628 e. The van der Waals surface area contributed by atoms with Gasteiger partial charge in [0.05, 0.1) is 16.3 Å². The third-order valence-electron chi connectivity index (χ3n) is 6.08. The minimum Gasteiger partial charge on any atom is -0.315 e. The number of benzene rings is 1. The van der Waals surface area contributed by atoms with Gasteiger partial charge in [0.2, 0.25) is 0 Å². The van der Waals surface area contributed by atoms with Crippen LogP contribution in [-0.4, -0.2) is 10.6 Å². The minimum atomic E-state index is 0.567. The van der Waals surface area contributed by atoms with E-state index in [1.807, 2.05) is 0 Å². The summed E-state index contributed by atoms with van der Waals surface area (Å²) in [6.07, 6.45) is 12.1. The van der Waals surface area contributed by atoms with Crippen molar-refractivity contribution in [2.24, 2.45) is 5.92 Å². The van der Waals surface area contributed by atoms with Crippen molar-refractivity contribution < 1.29 is 0 Å². The molecular formula is C25H32N2S. The Hall–Kier alpha value is -1.84. The van der Waals surface area contributed by atoms with E-state index in [-0.39, 0.29) is 0 Å². The molecule has 0 amide bonds. The van der Waals surface area contributed by atoms with Gasteiger partial charge in [-0.05, 0) is 54.5 Å². The van der Waals surface area contributed by atoms with Gasteiger partial charge in [-0.2, -0.15) is 0 Å². The molecule has 148 valence electrons. The molecule has 0 spiro atoms. The van der Waals surface area contributed by atoms with Crippen LogP contribution in [-0.2, 0) is 6.54 Å². The molecule has 0 saturated heterocycles. The van der Waals surface area contributed by atoms with Gasteiger partial charge >= 0.3 is 0 Å². The van der Waals surface area contributed by atoms with Crippen LogP contribution in [0.3, 0.4) is 0 Å². The van der Waals surface area contributed by atoms with Gasteiger partial charge in [0.1, 0.15) is 0 Å². The molecule has 1 aromatic carbocycles. The molecule has 0 bridgehead atoms. The van der Waals surface area contributed by atoms with Gasteiger partial charge in [-0.3, -0.25) is 0 Å². The molecule has 4 rings (SSSR count). The van der Waals surface area contributed by atoms with E-state index in [2.05, 4.69) is 76.9 Å². The Morgan fingerprint density at radius 3 is 2.61 bits per heavy atom. The summed E-state index contributed by atoms with van der Waals surface area (Å²) in [4.78, 5) is 1.31. The first-order valence-electron chi connectivity index (χ1n) is 10.8. The Morgan fingerprint density at radius 1 is 1.00 bits per heavy atom. The van der Waals surface area contributed by atoms with Gasteiger partial charge in [-0.15, -0.1) is 11.3 Å². The number of thiophene rings is 1. The number of hydrogen-bond acceptors (Lipinski definition) is 2. The maximum atomic E-state index is 3.81. The first-order valence-corrected chi connectivity index (χ1v) is 11.7. The molecular weight excluding hydrogens is 360 g/mol. The zero-order chi connectivity index (χ0) is 19.2. The average molecular weight is 393 g/mol. The predicted molar refractivity (Wildman–Crippen MR) is 121 cm³/mol. The van der Waals surface area contributed by atoms with Gasteiger partial charge in [0.15, 0.2) is 0 Å². The number of nitrogens with one attached hydrogen (secondary N) is 1. The van der Waals surface area contributed by atoms with Gasteiger partial charge in [0.25, 0.3) is 0 Å². The van der Waals surface area contributed by atoms with Crippen LogP contribution in [0.2, 0.25) is 0 Å². The van der Waals surface area contributed by atoms with Crippen molar-refractivity contribution in [3.8, 4) is 16.3 Å². The Balaban J connectivity index is 1.45. The second kappa shape index (κ2) is 9.58. The lowest BCUT2D eigenvalue weighted by Gasteiger charge is -2.21. The lowest BCUT2D eigenvalue weighted by atomic mass is 9.93. The highest BCUT2D eigenvalue weighted by atomic mass is 32.1. The molecule has 28 heavy (non-hydrogen) atoms. The summed E-state index contributed by atoms with van der Waals surface area (Å²) in [6.45, 7) is 3.28. The second-order valence-electron chi connectivity index (χ2n) is 8.24. The van der Waals surface area contributed by atoms with E-state index in [0.717, 1.165) is 12.5 Å². The summed E-state index contributed by atoms with van der Waals surface area (Å²) in [5.74, 6) is 0.912. The number of hydrogen-bond donors (Lipinski definition) is 1. The molecule has 2 nitrogen and oxygen atoms in total. The SMILES string of the molecule is C[C@@H](CC1CCCCCC1)NCc1ccccc1-n1cccc1-c1cccs1. The van der Waals surface area contributed by atoms with E-state index in [4.69, 9.17) is 0 Å². The number of nitrogens with zero attached hydrogens (tertiary/aromatic N) is 1. The normalized spacial score (nSPS) is 16.8. The first-order chi connectivity index (χ1) is 13.8. The quantitative estimate of drug-likeness (QED) is 0.426. The zero-order valence-electron chi connectivity index (χ0n) is 16.9. The molecule has 1 aliphatic rings. The monoisotopic (exact) mass is 392 g/mol. The Labute approximate surface area is 173 Å². The van der Waals surface area contributed by atoms with Crippen LogP contribution in [0.4, 0.5) is 0 Å². The van der Waals surface area contributed by atoms with Crippen LogP contribution >= 0.6 is 11.3 Å². The molecule has 2 aromatic heterocycles. The highest BCUT2D eigenvalue weighted by molar-refractivity contribution is 7.13. The van der Waals surface area contributed by atoms with Gasteiger partial charge in [-0.25, -0.2) is 0 Å². The Bertz CT molecular complexity index is 841. The van der Waals surface area contributed by atoms with E-state index >= 15 is 0 Å².